The van der Waals surface area contributed by atoms with Crippen molar-refractivity contribution < 1.29 is 28.2 Å². The topological polar surface area (TPSA) is 76.2 Å². The number of carbonyl (C=O) groups is 3. The van der Waals surface area contributed by atoms with Crippen LogP contribution in [-0.4, -0.2) is 68.4 Å². The molecular formula is C35H37FN2O5. The summed E-state index contributed by atoms with van der Waals surface area (Å²) >= 11 is 0. The molecule has 1 saturated carbocycles. The van der Waals surface area contributed by atoms with E-state index in [1.165, 1.54) is 24.3 Å². The fourth-order valence-corrected chi connectivity index (χ4v) is 6.77. The predicted molar refractivity (Wildman–Crippen MR) is 161 cm³/mol. The van der Waals surface area contributed by atoms with Gasteiger partial charge in [-0.3, -0.25) is 19.3 Å². The summed E-state index contributed by atoms with van der Waals surface area (Å²) in [7, 11) is 0. The van der Waals surface area contributed by atoms with Gasteiger partial charge in [0, 0.05) is 54.6 Å². The summed E-state index contributed by atoms with van der Waals surface area (Å²) in [5.74, 6) is -0.732. The lowest BCUT2D eigenvalue weighted by Gasteiger charge is -2.35. The average Bonchev–Trinajstić information content (AvgIpc) is 3.30. The van der Waals surface area contributed by atoms with Gasteiger partial charge in [-0.1, -0.05) is 36.8 Å². The van der Waals surface area contributed by atoms with Crippen molar-refractivity contribution in [3.05, 3.63) is 95.3 Å². The van der Waals surface area contributed by atoms with Crippen molar-refractivity contribution >= 4 is 23.2 Å². The smallest absolute Gasteiger partial charge is 0.258 e. The second-order valence-electron chi connectivity index (χ2n) is 11.8. The fraction of sp³-hybridized carbons (Fsp3) is 0.400. The molecule has 3 aromatic rings. The van der Waals surface area contributed by atoms with Gasteiger partial charge in [0.05, 0.1) is 19.1 Å². The molecule has 224 valence electrons. The van der Waals surface area contributed by atoms with E-state index < -0.39 is 11.7 Å². The summed E-state index contributed by atoms with van der Waals surface area (Å²) in [5, 5.41) is 0. The Kier molecular flexibility index (Phi) is 8.95. The molecule has 2 atom stereocenters. The monoisotopic (exact) mass is 584 g/mol. The molecule has 2 aliphatic carbocycles. The second-order valence-corrected chi connectivity index (χ2v) is 11.8. The SMILES string of the molecule is O=C1c2ccccc2C(=O)C1C1CCCC(CN(C(=O)c2ccc(F)cc2)c2cccc(OCCN3CCOCC3)c2)C1. The van der Waals surface area contributed by atoms with Gasteiger partial charge >= 0.3 is 0 Å². The Bertz CT molecular complexity index is 1430. The number of morpholine rings is 1. The fourth-order valence-electron chi connectivity index (χ4n) is 6.77. The van der Waals surface area contributed by atoms with E-state index in [-0.39, 0.29) is 29.3 Å². The van der Waals surface area contributed by atoms with Crippen LogP contribution in [-0.2, 0) is 4.74 Å². The first-order valence-electron chi connectivity index (χ1n) is 15.3. The molecule has 0 bridgehead atoms. The molecule has 1 saturated heterocycles. The van der Waals surface area contributed by atoms with E-state index in [4.69, 9.17) is 9.47 Å². The zero-order chi connectivity index (χ0) is 29.8. The molecule has 0 radical (unpaired) electrons. The minimum Gasteiger partial charge on any atom is -0.492 e. The molecule has 1 aliphatic heterocycles. The van der Waals surface area contributed by atoms with Crippen molar-refractivity contribution in [2.75, 3.05) is 50.9 Å². The van der Waals surface area contributed by atoms with Gasteiger partial charge in [-0.2, -0.15) is 0 Å². The first-order chi connectivity index (χ1) is 21.0. The predicted octanol–water partition coefficient (Wildman–Crippen LogP) is 5.69. The normalized spacial score (nSPS) is 21.0. The summed E-state index contributed by atoms with van der Waals surface area (Å²) in [6, 6.07) is 20.2. The van der Waals surface area contributed by atoms with E-state index in [0.29, 0.717) is 47.7 Å². The number of fused-ring (bicyclic) bond motifs is 1. The Labute approximate surface area is 251 Å². The van der Waals surface area contributed by atoms with Crippen LogP contribution in [0, 0.1) is 23.6 Å². The number of benzene rings is 3. The zero-order valence-corrected chi connectivity index (χ0v) is 24.3. The Balaban J connectivity index is 1.19. The van der Waals surface area contributed by atoms with Crippen LogP contribution in [0.1, 0.15) is 56.8 Å². The summed E-state index contributed by atoms with van der Waals surface area (Å²) in [6.07, 6.45) is 3.26. The van der Waals surface area contributed by atoms with Gasteiger partial charge in [0.15, 0.2) is 11.6 Å². The van der Waals surface area contributed by atoms with Crippen molar-refractivity contribution in [1.29, 1.82) is 0 Å². The van der Waals surface area contributed by atoms with E-state index in [2.05, 4.69) is 4.90 Å². The van der Waals surface area contributed by atoms with Gasteiger partial charge < -0.3 is 14.4 Å². The lowest BCUT2D eigenvalue weighted by atomic mass is 9.73. The lowest BCUT2D eigenvalue weighted by Crippen LogP contribution is -2.39. The van der Waals surface area contributed by atoms with Gasteiger partial charge in [0.1, 0.15) is 18.2 Å². The number of ether oxygens (including phenoxy) is 2. The molecule has 8 heteroatoms. The van der Waals surface area contributed by atoms with Crippen LogP contribution in [0.5, 0.6) is 5.75 Å². The Morgan fingerprint density at radius 3 is 2.37 bits per heavy atom. The van der Waals surface area contributed by atoms with Gasteiger partial charge in [0.2, 0.25) is 0 Å². The van der Waals surface area contributed by atoms with Gasteiger partial charge in [0.25, 0.3) is 5.91 Å². The maximum Gasteiger partial charge on any atom is 0.258 e. The molecule has 2 fully saturated rings. The quantitative estimate of drug-likeness (QED) is 0.301. The third-order valence-corrected chi connectivity index (χ3v) is 9.00. The molecular weight excluding hydrogens is 547 g/mol. The number of rotatable bonds is 9. The summed E-state index contributed by atoms with van der Waals surface area (Å²) in [5.41, 5.74) is 2.14. The average molecular weight is 585 g/mol. The molecule has 0 spiro atoms. The summed E-state index contributed by atoms with van der Waals surface area (Å²) in [4.78, 5) is 44.5. The zero-order valence-electron chi connectivity index (χ0n) is 24.3. The molecule has 3 aliphatic rings. The third-order valence-electron chi connectivity index (χ3n) is 9.00. The van der Waals surface area contributed by atoms with E-state index in [1.54, 1.807) is 29.2 Å². The number of anilines is 1. The molecule has 7 nitrogen and oxygen atoms in total. The maximum absolute atomic E-state index is 13.9. The van der Waals surface area contributed by atoms with Gasteiger partial charge in [-0.15, -0.1) is 0 Å². The Morgan fingerprint density at radius 1 is 0.930 bits per heavy atom. The first kappa shape index (κ1) is 29.2. The largest absolute Gasteiger partial charge is 0.492 e. The van der Waals surface area contributed by atoms with E-state index in [9.17, 15) is 18.8 Å². The molecule has 0 N–H and O–H groups in total. The molecule has 1 amide bonds. The van der Waals surface area contributed by atoms with E-state index >= 15 is 0 Å². The summed E-state index contributed by atoms with van der Waals surface area (Å²) < 4.78 is 25.2. The minimum atomic E-state index is -0.648. The van der Waals surface area contributed by atoms with Crippen molar-refractivity contribution in [3.8, 4) is 5.75 Å². The number of nitrogens with zero attached hydrogens (tertiary/aromatic N) is 2. The molecule has 2 unspecified atom stereocenters. The number of hydrogen-bond donors (Lipinski definition) is 0. The van der Waals surface area contributed by atoms with Gasteiger partial charge in [-0.05, 0) is 67.5 Å². The second kappa shape index (κ2) is 13.2. The standard InChI is InChI=1S/C35H37FN2O5/c36-27-13-11-25(12-14-27)35(41)38(28-7-4-8-29(22-28)43-20-17-37-15-18-42-19-16-37)23-24-5-3-6-26(21-24)32-33(39)30-9-1-2-10-31(30)34(32)40/h1-2,4,7-14,22,24,26,32H,3,5-6,15-21,23H2. The maximum atomic E-state index is 13.9. The van der Waals surface area contributed by atoms with Crippen molar-refractivity contribution in [2.45, 2.75) is 25.7 Å². The number of carbonyl (C=O) groups excluding carboxylic acids is 3. The highest BCUT2D eigenvalue weighted by Gasteiger charge is 2.44. The minimum absolute atomic E-state index is 0.0659. The van der Waals surface area contributed by atoms with Crippen LogP contribution in [0.25, 0.3) is 0 Å². The van der Waals surface area contributed by atoms with Crippen molar-refractivity contribution in [3.63, 3.8) is 0 Å². The Morgan fingerprint density at radius 2 is 1.65 bits per heavy atom. The van der Waals surface area contributed by atoms with Crippen LogP contribution in [0.3, 0.4) is 0 Å². The number of Topliss-reactive ketones (excluding diaryl/α,β-unsaturated/α-hetero) is 2. The molecule has 0 aromatic heterocycles. The van der Waals surface area contributed by atoms with Crippen molar-refractivity contribution in [1.82, 2.24) is 4.90 Å². The molecule has 3 aromatic carbocycles. The number of halogens is 1. The highest BCUT2D eigenvalue weighted by Crippen LogP contribution is 2.41. The van der Waals surface area contributed by atoms with Crippen molar-refractivity contribution in [2.24, 2.45) is 17.8 Å². The number of ketones is 2. The number of hydrogen-bond acceptors (Lipinski definition) is 6. The van der Waals surface area contributed by atoms with E-state index in [0.717, 1.165) is 52.1 Å². The van der Waals surface area contributed by atoms with Crippen LogP contribution in [0.4, 0.5) is 10.1 Å². The highest BCUT2D eigenvalue weighted by atomic mass is 19.1. The molecule has 1 heterocycles. The van der Waals surface area contributed by atoms with Crippen LogP contribution in [0.15, 0.2) is 72.8 Å². The van der Waals surface area contributed by atoms with E-state index in [1.807, 2.05) is 24.3 Å². The molecule has 6 rings (SSSR count). The first-order valence-corrected chi connectivity index (χ1v) is 15.3. The molecule has 43 heavy (non-hydrogen) atoms. The van der Waals surface area contributed by atoms with Crippen LogP contribution in [0.2, 0.25) is 0 Å². The Hall–Kier alpha value is -3.88. The highest BCUT2D eigenvalue weighted by molar-refractivity contribution is 6.26. The third kappa shape index (κ3) is 6.55. The van der Waals surface area contributed by atoms with Gasteiger partial charge in [-0.25, -0.2) is 4.39 Å². The van der Waals surface area contributed by atoms with Crippen LogP contribution >= 0.6 is 0 Å². The summed E-state index contributed by atoms with van der Waals surface area (Å²) in [6.45, 7) is 4.96. The number of amides is 1. The lowest BCUT2D eigenvalue weighted by molar-refractivity contribution is 0.0322. The van der Waals surface area contributed by atoms with Crippen LogP contribution < -0.4 is 9.64 Å².